The fraction of sp³-hybridized carbons (Fsp3) is 0.176. The molecule has 0 radical (unpaired) electrons. The maximum atomic E-state index is 2.26. The minimum Gasteiger partial charge on any atom is -0.0776 e. The van der Waals surface area contributed by atoms with Crippen LogP contribution in [0.15, 0.2) is 54.6 Å². The molecule has 0 fully saturated rings. The van der Waals surface area contributed by atoms with E-state index in [2.05, 4.69) is 61.5 Å². The molecule has 0 heterocycles. The minimum atomic E-state index is 0. The summed E-state index contributed by atoms with van der Waals surface area (Å²) < 4.78 is 0. The van der Waals surface area contributed by atoms with E-state index in [1.165, 1.54) is 27.1 Å². The molecule has 0 unspecified atom stereocenters. The van der Waals surface area contributed by atoms with E-state index >= 15 is 0 Å². The van der Waals surface area contributed by atoms with Crippen molar-refractivity contribution in [2.45, 2.75) is 21.8 Å². The zero-order valence-electron chi connectivity index (χ0n) is 8.70. The third-order valence-electron chi connectivity index (χ3n) is 2.86. The first-order chi connectivity index (χ1) is 7.33. The Morgan fingerprint density at radius 3 is 1.76 bits per heavy atom. The van der Waals surface area contributed by atoms with Crippen molar-refractivity contribution in [3.05, 3.63) is 60.2 Å². The fourth-order valence-electron chi connectivity index (χ4n) is 2.06. The maximum Gasteiger partial charge on any atom is -0.0175 e. The van der Waals surface area contributed by atoms with E-state index in [4.69, 9.17) is 0 Å². The smallest absolute Gasteiger partial charge is 0.0175 e. The number of benzene rings is 3. The Balaban J connectivity index is 0.000000722. The summed E-state index contributed by atoms with van der Waals surface area (Å²) in [6.45, 7) is 2.13. The normalized spacial score (nSPS) is 9.71. The monoisotopic (exact) mass is 224 g/mol. The van der Waals surface area contributed by atoms with Crippen LogP contribution in [0.3, 0.4) is 0 Å². The van der Waals surface area contributed by atoms with Crippen LogP contribution in [0.2, 0.25) is 0 Å². The van der Waals surface area contributed by atoms with Crippen LogP contribution >= 0.6 is 0 Å². The average Bonchev–Trinajstić information content (AvgIpc) is 2.26. The Bertz CT molecular complexity index is 636. The van der Waals surface area contributed by atoms with E-state index in [1.54, 1.807) is 0 Å². The van der Waals surface area contributed by atoms with Crippen molar-refractivity contribution >= 4 is 21.5 Å². The van der Waals surface area contributed by atoms with Crippen molar-refractivity contribution in [3.8, 4) is 0 Å². The van der Waals surface area contributed by atoms with Gasteiger partial charge in [0.25, 0.3) is 0 Å². The van der Waals surface area contributed by atoms with Crippen LogP contribution in [-0.4, -0.2) is 0 Å². The second-order valence-corrected chi connectivity index (χ2v) is 4.05. The van der Waals surface area contributed by atoms with Gasteiger partial charge in [0.1, 0.15) is 0 Å². The molecule has 3 rings (SSSR count). The molecule has 0 bridgehead atoms. The lowest BCUT2D eigenvalue weighted by atomic mass is 10.0. The van der Waals surface area contributed by atoms with Gasteiger partial charge in [-0.25, -0.2) is 0 Å². The molecule has 0 heteroatoms. The predicted molar refractivity (Wildman–Crippen MR) is 79.7 cm³/mol. The number of aryl methyl sites for hydroxylation is 1. The topological polar surface area (TPSA) is 0 Å². The first-order valence-corrected chi connectivity index (χ1v) is 5.22. The standard InChI is InChI=1S/C15H12.2CH4/c1-11-6-7-14-9-12-4-2-3-5-13(12)10-15(14)8-11;;/h2-10H,1H3;2*1H4. The molecule has 0 nitrogen and oxygen atoms in total. The SMILES string of the molecule is C.C.Cc1ccc2cc3ccccc3cc2c1. The van der Waals surface area contributed by atoms with E-state index in [1.807, 2.05) is 0 Å². The molecule has 0 aliphatic heterocycles. The lowest BCUT2D eigenvalue weighted by Crippen LogP contribution is -1.77. The van der Waals surface area contributed by atoms with Crippen LogP contribution in [0.1, 0.15) is 20.4 Å². The molecule has 0 atom stereocenters. The van der Waals surface area contributed by atoms with Gasteiger partial charge in [0.15, 0.2) is 0 Å². The predicted octanol–water partition coefficient (Wildman–Crippen LogP) is 5.57. The van der Waals surface area contributed by atoms with Gasteiger partial charge >= 0.3 is 0 Å². The van der Waals surface area contributed by atoms with Gasteiger partial charge in [-0.1, -0.05) is 62.9 Å². The quantitative estimate of drug-likeness (QED) is 0.438. The maximum absolute atomic E-state index is 2.26. The zero-order valence-corrected chi connectivity index (χ0v) is 8.70. The fourth-order valence-corrected chi connectivity index (χ4v) is 2.06. The molecular weight excluding hydrogens is 204 g/mol. The van der Waals surface area contributed by atoms with Gasteiger partial charge in [-0.2, -0.15) is 0 Å². The van der Waals surface area contributed by atoms with E-state index in [-0.39, 0.29) is 14.9 Å². The molecule has 3 aromatic rings. The second kappa shape index (κ2) is 5.01. The Labute approximate surface area is 104 Å². The summed E-state index contributed by atoms with van der Waals surface area (Å²) in [5.41, 5.74) is 1.32. The van der Waals surface area contributed by atoms with Crippen molar-refractivity contribution in [2.24, 2.45) is 0 Å². The van der Waals surface area contributed by atoms with Crippen LogP contribution in [0.4, 0.5) is 0 Å². The largest absolute Gasteiger partial charge is 0.0776 e. The van der Waals surface area contributed by atoms with Gasteiger partial charge < -0.3 is 0 Å². The Morgan fingerprint density at radius 2 is 1.12 bits per heavy atom. The van der Waals surface area contributed by atoms with Crippen molar-refractivity contribution in [3.63, 3.8) is 0 Å². The summed E-state index contributed by atoms with van der Waals surface area (Å²) in [7, 11) is 0. The van der Waals surface area contributed by atoms with E-state index in [9.17, 15) is 0 Å². The van der Waals surface area contributed by atoms with E-state index in [0.717, 1.165) is 0 Å². The molecule has 0 amide bonds. The highest BCUT2D eigenvalue weighted by atomic mass is 14.0. The lowest BCUT2D eigenvalue weighted by Gasteiger charge is -2.02. The summed E-state index contributed by atoms with van der Waals surface area (Å²) in [5.74, 6) is 0. The molecule has 3 aromatic carbocycles. The summed E-state index contributed by atoms with van der Waals surface area (Å²) in [5, 5.41) is 5.28. The average molecular weight is 224 g/mol. The van der Waals surface area contributed by atoms with Gasteiger partial charge in [0, 0.05) is 0 Å². The van der Waals surface area contributed by atoms with Gasteiger partial charge in [0.05, 0.1) is 0 Å². The van der Waals surface area contributed by atoms with Gasteiger partial charge in [0.2, 0.25) is 0 Å². The molecule has 0 aromatic heterocycles. The Morgan fingerprint density at radius 1 is 0.588 bits per heavy atom. The molecule has 0 saturated carbocycles. The van der Waals surface area contributed by atoms with E-state index < -0.39 is 0 Å². The van der Waals surface area contributed by atoms with Crippen LogP contribution in [0, 0.1) is 6.92 Å². The summed E-state index contributed by atoms with van der Waals surface area (Å²) in [6.07, 6.45) is 0. The van der Waals surface area contributed by atoms with Crippen molar-refractivity contribution in [1.82, 2.24) is 0 Å². The minimum absolute atomic E-state index is 0. The highest BCUT2D eigenvalue weighted by Crippen LogP contribution is 2.23. The molecule has 0 aliphatic carbocycles. The summed E-state index contributed by atoms with van der Waals surface area (Å²) in [6, 6.07) is 19.6. The first kappa shape index (κ1) is 13.2. The number of rotatable bonds is 0. The first-order valence-electron chi connectivity index (χ1n) is 5.22. The van der Waals surface area contributed by atoms with Crippen molar-refractivity contribution in [1.29, 1.82) is 0 Å². The molecular formula is C17H20. The lowest BCUT2D eigenvalue weighted by molar-refractivity contribution is 1.51. The summed E-state index contributed by atoms with van der Waals surface area (Å²) >= 11 is 0. The van der Waals surface area contributed by atoms with Crippen molar-refractivity contribution < 1.29 is 0 Å². The molecule has 88 valence electrons. The third-order valence-corrected chi connectivity index (χ3v) is 2.86. The van der Waals surface area contributed by atoms with Gasteiger partial charge in [-0.15, -0.1) is 0 Å². The third kappa shape index (κ3) is 2.31. The molecule has 17 heavy (non-hydrogen) atoms. The van der Waals surface area contributed by atoms with Crippen LogP contribution in [0.5, 0.6) is 0 Å². The van der Waals surface area contributed by atoms with Gasteiger partial charge in [-0.05, 0) is 40.6 Å². The molecule has 0 aliphatic rings. The summed E-state index contributed by atoms with van der Waals surface area (Å²) in [4.78, 5) is 0. The highest BCUT2D eigenvalue weighted by molar-refractivity contribution is 5.98. The van der Waals surface area contributed by atoms with Crippen LogP contribution in [-0.2, 0) is 0 Å². The van der Waals surface area contributed by atoms with Gasteiger partial charge in [-0.3, -0.25) is 0 Å². The number of hydrogen-bond donors (Lipinski definition) is 0. The molecule has 0 spiro atoms. The zero-order chi connectivity index (χ0) is 10.3. The van der Waals surface area contributed by atoms with E-state index in [0.29, 0.717) is 0 Å². The highest BCUT2D eigenvalue weighted by Gasteiger charge is 1.97. The van der Waals surface area contributed by atoms with Crippen LogP contribution in [0.25, 0.3) is 21.5 Å². The van der Waals surface area contributed by atoms with Crippen molar-refractivity contribution in [2.75, 3.05) is 0 Å². The molecule has 0 N–H and O–H groups in total. The number of hydrogen-bond acceptors (Lipinski definition) is 0. The Hall–Kier alpha value is -1.82. The Kier molecular flexibility index (Phi) is 3.90. The molecule has 0 saturated heterocycles. The van der Waals surface area contributed by atoms with Crippen LogP contribution < -0.4 is 0 Å². The number of fused-ring (bicyclic) bond motifs is 2. The second-order valence-electron chi connectivity index (χ2n) is 4.05.